The van der Waals surface area contributed by atoms with Crippen molar-refractivity contribution in [2.75, 3.05) is 11.5 Å². The Bertz CT molecular complexity index is 736. The zero-order valence-electron chi connectivity index (χ0n) is 11.3. The number of rotatable bonds is 3. The van der Waals surface area contributed by atoms with Crippen LogP contribution in [0.25, 0.3) is 11.0 Å². The molecule has 5 nitrogen and oxygen atoms in total. The molecule has 1 aliphatic heterocycles. The predicted molar refractivity (Wildman–Crippen MR) is 77.8 cm³/mol. The van der Waals surface area contributed by atoms with Gasteiger partial charge in [0.25, 0.3) is 0 Å². The number of hydrogen-bond acceptors (Lipinski definition) is 5. The largest absolute Gasteiger partial charge is 0.459 e. The summed E-state index contributed by atoms with van der Waals surface area (Å²) in [6, 6.07) is 7.62. The molecule has 20 heavy (non-hydrogen) atoms. The third-order valence-electron chi connectivity index (χ3n) is 3.99. The van der Waals surface area contributed by atoms with Crippen molar-refractivity contribution >= 4 is 20.8 Å². The fourth-order valence-corrected chi connectivity index (χ4v) is 4.76. The van der Waals surface area contributed by atoms with E-state index in [9.17, 15) is 8.42 Å². The molecule has 1 saturated heterocycles. The van der Waals surface area contributed by atoms with Gasteiger partial charge in [-0.05, 0) is 30.9 Å². The van der Waals surface area contributed by atoms with Gasteiger partial charge in [0.15, 0.2) is 9.84 Å². The van der Waals surface area contributed by atoms with Gasteiger partial charge in [0, 0.05) is 5.39 Å². The van der Waals surface area contributed by atoms with E-state index in [1.165, 1.54) is 0 Å². The third-order valence-corrected chi connectivity index (χ3v) is 5.78. The van der Waals surface area contributed by atoms with Crippen LogP contribution in [0.5, 0.6) is 0 Å². The van der Waals surface area contributed by atoms with Crippen LogP contribution in [0, 0.1) is 12.8 Å². The number of nitrogens with one attached hydrogen (secondary N) is 1. The van der Waals surface area contributed by atoms with Crippen LogP contribution >= 0.6 is 0 Å². The number of hydrazine groups is 1. The summed E-state index contributed by atoms with van der Waals surface area (Å²) in [6.45, 7) is 1.99. The average Bonchev–Trinajstić information content (AvgIpc) is 2.95. The van der Waals surface area contributed by atoms with Gasteiger partial charge in [-0.1, -0.05) is 18.2 Å². The Morgan fingerprint density at radius 3 is 2.85 bits per heavy atom. The van der Waals surface area contributed by atoms with Crippen LogP contribution in [0.15, 0.2) is 28.7 Å². The SMILES string of the molecule is Cc1cccc2cc(C(NN)C3CCS(=O)(=O)C3)oc12. The second-order valence-electron chi connectivity index (χ2n) is 5.45. The van der Waals surface area contributed by atoms with Crippen LogP contribution in [0.3, 0.4) is 0 Å². The number of aryl methyl sites for hydroxylation is 1. The molecule has 2 heterocycles. The summed E-state index contributed by atoms with van der Waals surface area (Å²) >= 11 is 0. The Balaban J connectivity index is 1.97. The molecule has 1 aliphatic rings. The molecule has 0 aliphatic carbocycles. The van der Waals surface area contributed by atoms with Crippen molar-refractivity contribution in [1.29, 1.82) is 0 Å². The molecule has 2 aromatic rings. The summed E-state index contributed by atoms with van der Waals surface area (Å²) in [5, 5.41) is 1.01. The van der Waals surface area contributed by atoms with Crippen molar-refractivity contribution < 1.29 is 12.8 Å². The number of fused-ring (bicyclic) bond motifs is 1. The van der Waals surface area contributed by atoms with Crippen molar-refractivity contribution in [2.45, 2.75) is 19.4 Å². The Morgan fingerprint density at radius 2 is 2.25 bits per heavy atom. The number of hydrogen-bond donors (Lipinski definition) is 2. The predicted octanol–water partition coefficient (Wildman–Crippen LogP) is 1.68. The van der Waals surface area contributed by atoms with Crippen molar-refractivity contribution in [3.05, 3.63) is 35.6 Å². The number of nitrogens with two attached hydrogens (primary N) is 1. The highest BCUT2D eigenvalue weighted by Gasteiger charge is 2.35. The minimum absolute atomic E-state index is 0.0362. The zero-order valence-corrected chi connectivity index (χ0v) is 12.1. The van der Waals surface area contributed by atoms with E-state index in [2.05, 4.69) is 5.43 Å². The van der Waals surface area contributed by atoms with Crippen molar-refractivity contribution in [2.24, 2.45) is 11.8 Å². The zero-order chi connectivity index (χ0) is 14.3. The van der Waals surface area contributed by atoms with Gasteiger partial charge < -0.3 is 4.42 Å². The monoisotopic (exact) mass is 294 g/mol. The maximum absolute atomic E-state index is 11.6. The number of para-hydroxylation sites is 1. The van der Waals surface area contributed by atoms with Crippen LogP contribution in [0.4, 0.5) is 0 Å². The first kappa shape index (κ1) is 13.6. The van der Waals surface area contributed by atoms with E-state index in [1.807, 2.05) is 31.2 Å². The Morgan fingerprint density at radius 1 is 1.45 bits per heavy atom. The van der Waals surface area contributed by atoms with Crippen LogP contribution < -0.4 is 11.3 Å². The number of furan rings is 1. The minimum atomic E-state index is -2.93. The standard InChI is InChI=1S/C14H18N2O3S/c1-9-3-2-4-10-7-12(19-14(9)10)13(16-15)11-5-6-20(17,18)8-11/h2-4,7,11,13,16H,5-6,8,15H2,1H3. The molecule has 3 rings (SSSR count). The van der Waals surface area contributed by atoms with E-state index in [0.717, 1.165) is 16.5 Å². The highest BCUT2D eigenvalue weighted by Crippen LogP contribution is 2.34. The normalized spacial score (nSPS) is 23.2. The van der Waals surface area contributed by atoms with Gasteiger partial charge in [0.05, 0.1) is 17.5 Å². The van der Waals surface area contributed by atoms with Crippen molar-refractivity contribution in [3.8, 4) is 0 Å². The highest BCUT2D eigenvalue weighted by molar-refractivity contribution is 7.91. The van der Waals surface area contributed by atoms with E-state index >= 15 is 0 Å². The van der Waals surface area contributed by atoms with Gasteiger partial charge in [-0.15, -0.1) is 0 Å². The summed E-state index contributed by atoms with van der Waals surface area (Å²) in [4.78, 5) is 0. The average molecular weight is 294 g/mol. The smallest absolute Gasteiger partial charge is 0.150 e. The second kappa shape index (κ2) is 4.87. The molecule has 0 radical (unpaired) electrons. The van der Waals surface area contributed by atoms with Crippen LogP contribution in [0.2, 0.25) is 0 Å². The molecular weight excluding hydrogens is 276 g/mol. The van der Waals surface area contributed by atoms with Gasteiger partial charge in [-0.25, -0.2) is 13.8 Å². The van der Waals surface area contributed by atoms with E-state index in [-0.39, 0.29) is 23.5 Å². The first-order valence-electron chi connectivity index (χ1n) is 6.66. The number of benzene rings is 1. The van der Waals surface area contributed by atoms with Crippen LogP contribution in [-0.4, -0.2) is 19.9 Å². The van der Waals surface area contributed by atoms with Gasteiger partial charge in [0.1, 0.15) is 11.3 Å². The molecular formula is C14H18N2O3S. The maximum atomic E-state index is 11.6. The van der Waals surface area contributed by atoms with Gasteiger partial charge in [-0.3, -0.25) is 5.84 Å². The molecule has 0 amide bonds. The molecule has 2 unspecified atom stereocenters. The molecule has 6 heteroatoms. The van der Waals surface area contributed by atoms with Crippen LogP contribution in [-0.2, 0) is 9.84 Å². The Labute approximate surface area is 118 Å². The Kier molecular flexibility index (Phi) is 3.32. The molecule has 1 aromatic heterocycles. The van der Waals surface area contributed by atoms with E-state index in [4.69, 9.17) is 10.3 Å². The fraction of sp³-hybridized carbons (Fsp3) is 0.429. The second-order valence-corrected chi connectivity index (χ2v) is 7.68. The molecule has 1 fully saturated rings. The molecule has 2 atom stereocenters. The quantitative estimate of drug-likeness (QED) is 0.664. The fourth-order valence-electron chi connectivity index (χ4n) is 2.92. The molecule has 0 bridgehead atoms. The summed E-state index contributed by atoms with van der Waals surface area (Å²) in [5.74, 6) is 6.70. The number of sulfone groups is 1. The summed E-state index contributed by atoms with van der Waals surface area (Å²) in [5.41, 5.74) is 4.62. The lowest BCUT2D eigenvalue weighted by atomic mass is 9.97. The Hall–Kier alpha value is -1.37. The summed E-state index contributed by atoms with van der Waals surface area (Å²) < 4.78 is 29.1. The van der Waals surface area contributed by atoms with E-state index < -0.39 is 9.84 Å². The summed E-state index contributed by atoms with van der Waals surface area (Å²) in [6.07, 6.45) is 0.618. The first-order valence-corrected chi connectivity index (χ1v) is 8.48. The lowest BCUT2D eigenvalue weighted by Crippen LogP contribution is -2.33. The molecule has 0 saturated carbocycles. The van der Waals surface area contributed by atoms with Crippen molar-refractivity contribution in [1.82, 2.24) is 5.43 Å². The van der Waals surface area contributed by atoms with E-state index in [1.54, 1.807) is 0 Å². The minimum Gasteiger partial charge on any atom is -0.459 e. The van der Waals surface area contributed by atoms with Gasteiger partial charge in [-0.2, -0.15) is 0 Å². The van der Waals surface area contributed by atoms with Crippen LogP contribution in [0.1, 0.15) is 23.8 Å². The van der Waals surface area contributed by atoms with Crippen molar-refractivity contribution in [3.63, 3.8) is 0 Å². The lowest BCUT2D eigenvalue weighted by molar-refractivity contribution is 0.342. The first-order chi connectivity index (χ1) is 9.50. The molecule has 0 spiro atoms. The maximum Gasteiger partial charge on any atom is 0.150 e. The van der Waals surface area contributed by atoms with E-state index in [0.29, 0.717) is 12.2 Å². The van der Waals surface area contributed by atoms with Gasteiger partial charge in [0.2, 0.25) is 0 Å². The highest BCUT2D eigenvalue weighted by atomic mass is 32.2. The summed E-state index contributed by atoms with van der Waals surface area (Å²) in [7, 11) is -2.93. The molecule has 108 valence electrons. The lowest BCUT2D eigenvalue weighted by Gasteiger charge is -2.19. The third kappa shape index (κ3) is 2.34. The van der Waals surface area contributed by atoms with Gasteiger partial charge >= 0.3 is 0 Å². The molecule has 3 N–H and O–H groups in total. The topological polar surface area (TPSA) is 85.3 Å². The molecule has 1 aromatic carbocycles.